The third-order valence-corrected chi connectivity index (χ3v) is 6.67. The van der Waals surface area contributed by atoms with Crippen LogP contribution in [0.25, 0.3) is 0 Å². The lowest BCUT2D eigenvalue weighted by molar-refractivity contribution is -0.134. The van der Waals surface area contributed by atoms with Crippen molar-refractivity contribution in [3.05, 3.63) is 70.7 Å². The number of carbonyl (C=O) groups excluding carboxylic acids is 2. The number of hydrogen-bond acceptors (Lipinski definition) is 3. The average Bonchev–Trinajstić information content (AvgIpc) is 3.00. The molecule has 0 aliphatic carbocycles. The van der Waals surface area contributed by atoms with Gasteiger partial charge in [-0.2, -0.15) is 0 Å². The summed E-state index contributed by atoms with van der Waals surface area (Å²) in [6, 6.07) is 17.1. The zero-order valence-corrected chi connectivity index (χ0v) is 18.9. The number of benzene rings is 2. The first-order chi connectivity index (χ1) is 14.9. The van der Waals surface area contributed by atoms with Gasteiger partial charge in [-0.15, -0.1) is 0 Å². The van der Waals surface area contributed by atoms with E-state index in [1.807, 2.05) is 40.1 Å². The quantitative estimate of drug-likeness (QED) is 0.766. The van der Waals surface area contributed by atoms with E-state index >= 15 is 0 Å². The van der Waals surface area contributed by atoms with Gasteiger partial charge >= 0.3 is 0 Å². The number of halogens is 1. The number of piperidine rings is 1. The van der Waals surface area contributed by atoms with Gasteiger partial charge in [-0.3, -0.25) is 14.9 Å². The lowest BCUT2D eigenvalue weighted by atomic mass is 9.94. The average molecular weight is 440 g/mol. The fourth-order valence-corrected chi connectivity index (χ4v) is 5.00. The van der Waals surface area contributed by atoms with Crippen molar-refractivity contribution in [2.24, 2.45) is 5.92 Å². The summed E-state index contributed by atoms with van der Waals surface area (Å²) in [5, 5.41) is 4.16. The predicted molar refractivity (Wildman–Crippen MR) is 123 cm³/mol. The normalized spacial score (nSPS) is 20.6. The maximum absolute atomic E-state index is 13.4. The highest BCUT2D eigenvalue weighted by atomic mass is 35.5. The molecule has 31 heavy (non-hydrogen) atoms. The van der Waals surface area contributed by atoms with Gasteiger partial charge in [-0.25, -0.2) is 0 Å². The van der Waals surface area contributed by atoms with Crippen molar-refractivity contribution in [2.75, 3.05) is 19.6 Å². The van der Waals surface area contributed by atoms with Crippen LogP contribution in [0.2, 0.25) is 5.02 Å². The van der Waals surface area contributed by atoms with E-state index < -0.39 is 5.66 Å². The number of likely N-dealkylation sites (tertiary alicyclic amines) is 1. The fraction of sp³-hybridized carbons (Fsp3) is 0.440. The highest BCUT2D eigenvalue weighted by Crippen LogP contribution is 2.34. The SMILES string of the molecule is CC(C)CN1C(=O)[C@H](Cc2ccccc2)NC12CCN(C(=O)c1ccccc1Cl)CC2. The Balaban J connectivity index is 1.50. The van der Waals surface area contributed by atoms with Gasteiger partial charge in [0.25, 0.3) is 5.91 Å². The van der Waals surface area contributed by atoms with Crippen molar-refractivity contribution in [3.63, 3.8) is 0 Å². The summed E-state index contributed by atoms with van der Waals surface area (Å²) < 4.78 is 0. The van der Waals surface area contributed by atoms with Gasteiger partial charge in [0, 0.05) is 32.5 Å². The van der Waals surface area contributed by atoms with Crippen LogP contribution in [0.3, 0.4) is 0 Å². The highest BCUT2D eigenvalue weighted by molar-refractivity contribution is 6.33. The number of amides is 2. The van der Waals surface area contributed by atoms with E-state index in [-0.39, 0.29) is 17.9 Å². The van der Waals surface area contributed by atoms with Gasteiger partial charge in [0.2, 0.25) is 5.91 Å². The topological polar surface area (TPSA) is 52.7 Å². The van der Waals surface area contributed by atoms with E-state index in [2.05, 4.69) is 31.3 Å². The molecule has 0 aromatic heterocycles. The third kappa shape index (κ3) is 4.48. The van der Waals surface area contributed by atoms with Crippen LogP contribution in [-0.2, 0) is 11.2 Å². The Kier molecular flexibility index (Phi) is 6.35. The molecule has 1 atom stereocenters. The Hall–Kier alpha value is -2.37. The van der Waals surface area contributed by atoms with E-state index in [0.717, 1.165) is 12.1 Å². The Morgan fingerprint density at radius 2 is 1.74 bits per heavy atom. The van der Waals surface area contributed by atoms with E-state index in [9.17, 15) is 9.59 Å². The largest absolute Gasteiger partial charge is 0.338 e. The van der Waals surface area contributed by atoms with Gasteiger partial charge in [0.05, 0.1) is 22.3 Å². The number of nitrogens with one attached hydrogen (secondary N) is 1. The van der Waals surface area contributed by atoms with Crippen LogP contribution >= 0.6 is 11.6 Å². The molecule has 1 spiro atoms. The molecule has 5 nitrogen and oxygen atoms in total. The number of carbonyl (C=O) groups is 2. The molecule has 2 amide bonds. The second-order valence-electron chi connectivity index (χ2n) is 9.03. The Bertz CT molecular complexity index is 939. The summed E-state index contributed by atoms with van der Waals surface area (Å²) in [5.74, 6) is 0.505. The molecule has 2 aromatic carbocycles. The fourth-order valence-electron chi connectivity index (χ4n) is 4.78. The molecule has 0 saturated carbocycles. The molecule has 6 heteroatoms. The van der Waals surface area contributed by atoms with Gasteiger partial charge in [-0.1, -0.05) is 67.9 Å². The summed E-state index contributed by atoms with van der Waals surface area (Å²) in [6.07, 6.45) is 2.11. The predicted octanol–water partition coefficient (Wildman–Crippen LogP) is 3.97. The van der Waals surface area contributed by atoms with Crippen LogP contribution in [0.5, 0.6) is 0 Å². The highest BCUT2D eigenvalue weighted by Gasteiger charge is 2.51. The molecule has 2 aliphatic heterocycles. The molecule has 2 aliphatic rings. The molecule has 0 unspecified atom stereocenters. The molecule has 164 valence electrons. The smallest absolute Gasteiger partial charge is 0.255 e. The summed E-state index contributed by atoms with van der Waals surface area (Å²) in [5.41, 5.74) is 1.30. The molecule has 2 aromatic rings. The molecule has 0 radical (unpaired) electrons. The van der Waals surface area contributed by atoms with Crippen LogP contribution < -0.4 is 5.32 Å². The summed E-state index contributed by atoms with van der Waals surface area (Å²) in [6.45, 7) is 6.19. The Labute approximate surface area is 189 Å². The minimum absolute atomic E-state index is 0.0407. The van der Waals surface area contributed by atoms with Gasteiger partial charge < -0.3 is 9.80 Å². The van der Waals surface area contributed by atoms with Crippen molar-refractivity contribution >= 4 is 23.4 Å². The van der Waals surface area contributed by atoms with Crippen molar-refractivity contribution in [1.29, 1.82) is 0 Å². The minimum Gasteiger partial charge on any atom is -0.338 e. The van der Waals surface area contributed by atoms with Crippen LogP contribution in [0, 0.1) is 5.92 Å². The summed E-state index contributed by atoms with van der Waals surface area (Å²) in [4.78, 5) is 30.3. The Morgan fingerprint density at radius 1 is 1.10 bits per heavy atom. The monoisotopic (exact) mass is 439 g/mol. The van der Waals surface area contributed by atoms with Crippen molar-refractivity contribution in [3.8, 4) is 0 Å². The maximum Gasteiger partial charge on any atom is 0.255 e. The minimum atomic E-state index is -0.391. The van der Waals surface area contributed by atoms with Crippen LogP contribution in [-0.4, -0.2) is 53.0 Å². The summed E-state index contributed by atoms with van der Waals surface area (Å²) >= 11 is 6.24. The molecule has 4 rings (SSSR count). The van der Waals surface area contributed by atoms with E-state index in [0.29, 0.717) is 48.9 Å². The van der Waals surface area contributed by atoms with E-state index in [4.69, 9.17) is 11.6 Å². The van der Waals surface area contributed by atoms with Crippen molar-refractivity contribution in [2.45, 2.75) is 44.8 Å². The van der Waals surface area contributed by atoms with Crippen molar-refractivity contribution in [1.82, 2.24) is 15.1 Å². The lowest BCUT2D eigenvalue weighted by Gasteiger charge is -2.45. The Morgan fingerprint density at radius 3 is 2.39 bits per heavy atom. The molecule has 0 bridgehead atoms. The zero-order chi connectivity index (χ0) is 22.0. The number of hydrogen-bond donors (Lipinski definition) is 1. The van der Waals surface area contributed by atoms with Gasteiger partial charge in [-0.05, 0) is 30.0 Å². The molecule has 1 N–H and O–H groups in total. The van der Waals surface area contributed by atoms with Gasteiger partial charge in [0.1, 0.15) is 0 Å². The number of nitrogens with zero attached hydrogens (tertiary/aromatic N) is 2. The first kappa shape index (κ1) is 21.8. The molecule has 2 fully saturated rings. The zero-order valence-electron chi connectivity index (χ0n) is 18.2. The first-order valence-corrected chi connectivity index (χ1v) is 11.4. The van der Waals surface area contributed by atoms with Crippen LogP contribution in [0.4, 0.5) is 0 Å². The third-order valence-electron chi connectivity index (χ3n) is 6.34. The van der Waals surface area contributed by atoms with Crippen LogP contribution in [0.15, 0.2) is 54.6 Å². The maximum atomic E-state index is 13.4. The van der Waals surface area contributed by atoms with Crippen LogP contribution in [0.1, 0.15) is 42.6 Å². The van der Waals surface area contributed by atoms with E-state index in [1.54, 1.807) is 12.1 Å². The standard InChI is InChI=1S/C25H30ClN3O2/c1-18(2)17-29-24(31)22(16-19-8-4-3-5-9-19)27-25(29)12-14-28(15-13-25)23(30)20-10-6-7-11-21(20)26/h3-11,18,22,27H,12-17H2,1-2H3/t22-/m0/s1. The van der Waals surface area contributed by atoms with Gasteiger partial charge in [0.15, 0.2) is 0 Å². The second-order valence-corrected chi connectivity index (χ2v) is 9.44. The number of rotatable bonds is 5. The first-order valence-electron chi connectivity index (χ1n) is 11.1. The van der Waals surface area contributed by atoms with E-state index in [1.165, 1.54) is 0 Å². The molecule has 2 heterocycles. The van der Waals surface area contributed by atoms with Crippen molar-refractivity contribution < 1.29 is 9.59 Å². The molecule has 2 saturated heterocycles. The summed E-state index contributed by atoms with van der Waals surface area (Å²) in [7, 11) is 0. The lowest BCUT2D eigenvalue weighted by Crippen LogP contribution is -2.60. The second kappa shape index (κ2) is 9.01. The molecular formula is C25H30ClN3O2. The molecular weight excluding hydrogens is 410 g/mol.